The standard InChI is InChI=1S/C20H21FN2O4/c1-13-19(24)23(16-8-9-17(26-2)18(12-16)27-3)11-10-22(13)20(25)14-4-6-15(21)7-5-14/h4-9,12-13H,10-11H2,1-3H3. The van der Waals surface area contributed by atoms with Gasteiger partial charge in [-0.15, -0.1) is 0 Å². The van der Waals surface area contributed by atoms with Gasteiger partial charge in [-0.05, 0) is 43.3 Å². The number of nitrogens with zero attached hydrogens (tertiary/aromatic N) is 2. The molecule has 1 unspecified atom stereocenters. The van der Waals surface area contributed by atoms with Gasteiger partial charge in [-0.1, -0.05) is 0 Å². The van der Waals surface area contributed by atoms with Crippen LogP contribution in [0, 0.1) is 5.82 Å². The predicted molar refractivity (Wildman–Crippen MR) is 98.8 cm³/mol. The van der Waals surface area contributed by atoms with Crippen molar-refractivity contribution >= 4 is 17.5 Å². The Morgan fingerprint density at radius 2 is 1.70 bits per heavy atom. The highest BCUT2D eigenvalue weighted by Crippen LogP contribution is 2.32. The minimum Gasteiger partial charge on any atom is -0.493 e. The average Bonchev–Trinajstić information content (AvgIpc) is 2.69. The highest BCUT2D eigenvalue weighted by atomic mass is 19.1. The Kier molecular flexibility index (Phi) is 5.30. The lowest BCUT2D eigenvalue weighted by Crippen LogP contribution is -2.57. The first-order valence-corrected chi connectivity index (χ1v) is 8.56. The van der Waals surface area contributed by atoms with Crippen molar-refractivity contribution < 1.29 is 23.5 Å². The molecule has 0 radical (unpaired) electrons. The first kappa shape index (κ1) is 18.7. The molecule has 6 nitrogen and oxygen atoms in total. The SMILES string of the molecule is COc1ccc(N2CCN(C(=O)c3ccc(F)cc3)C(C)C2=O)cc1OC. The summed E-state index contributed by atoms with van der Waals surface area (Å²) >= 11 is 0. The monoisotopic (exact) mass is 372 g/mol. The van der Waals surface area contributed by atoms with Gasteiger partial charge in [0.25, 0.3) is 5.91 Å². The van der Waals surface area contributed by atoms with E-state index in [1.165, 1.54) is 36.3 Å². The topological polar surface area (TPSA) is 59.1 Å². The molecule has 0 spiro atoms. The zero-order valence-corrected chi connectivity index (χ0v) is 15.4. The van der Waals surface area contributed by atoms with Crippen LogP contribution in [-0.4, -0.2) is 50.1 Å². The van der Waals surface area contributed by atoms with Crippen molar-refractivity contribution in [3.63, 3.8) is 0 Å². The highest BCUT2D eigenvalue weighted by molar-refractivity contribution is 6.03. The van der Waals surface area contributed by atoms with Crippen LogP contribution < -0.4 is 14.4 Å². The van der Waals surface area contributed by atoms with Crippen molar-refractivity contribution in [3.05, 3.63) is 53.8 Å². The van der Waals surface area contributed by atoms with Crippen molar-refractivity contribution in [1.82, 2.24) is 4.90 Å². The van der Waals surface area contributed by atoms with Crippen molar-refractivity contribution in [2.75, 3.05) is 32.2 Å². The van der Waals surface area contributed by atoms with E-state index in [9.17, 15) is 14.0 Å². The predicted octanol–water partition coefficient (Wildman–Crippen LogP) is 2.72. The molecule has 2 aromatic rings. The van der Waals surface area contributed by atoms with Gasteiger partial charge in [-0.25, -0.2) is 4.39 Å². The van der Waals surface area contributed by atoms with E-state index in [4.69, 9.17) is 9.47 Å². The number of carbonyl (C=O) groups is 2. The number of amides is 2. The Morgan fingerprint density at radius 1 is 1.04 bits per heavy atom. The molecule has 0 aromatic heterocycles. The summed E-state index contributed by atoms with van der Waals surface area (Å²) in [5.74, 6) is 0.216. The van der Waals surface area contributed by atoms with Gasteiger partial charge in [-0.2, -0.15) is 0 Å². The van der Waals surface area contributed by atoms with E-state index >= 15 is 0 Å². The van der Waals surface area contributed by atoms with Gasteiger partial charge in [0.05, 0.1) is 14.2 Å². The fourth-order valence-electron chi connectivity index (χ4n) is 3.16. The van der Waals surface area contributed by atoms with Crippen LogP contribution in [0.5, 0.6) is 11.5 Å². The number of rotatable bonds is 4. The second kappa shape index (κ2) is 7.65. The lowest BCUT2D eigenvalue weighted by atomic mass is 10.1. The van der Waals surface area contributed by atoms with Crippen LogP contribution in [0.3, 0.4) is 0 Å². The summed E-state index contributed by atoms with van der Waals surface area (Å²) in [5.41, 5.74) is 1.04. The van der Waals surface area contributed by atoms with Crippen LogP contribution in [0.2, 0.25) is 0 Å². The molecule has 0 aliphatic carbocycles. The number of benzene rings is 2. The van der Waals surface area contributed by atoms with Gasteiger partial charge in [0.1, 0.15) is 11.9 Å². The lowest BCUT2D eigenvalue weighted by Gasteiger charge is -2.39. The number of piperazine rings is 1. The van der Waals surface area contributed by atoms with Gasteiger partial charge in [-0.3, -0.25) is 9.59 Å². The van der Waals surface area contributed by atoms with Crippen LogP contribution in [0.1, 0.15) is 17.3 Å². The average molecular weight is 372 g/mol. The van der Waals surface area contributed by atoms with E-state index in [0.717, 1.165) is 0 Å². The number of ether oxygens (including phenoxy) is 2. The van der Waals surface area contributed by atoms with Gasteiger partial charge in [0, 0.05) is 30.4 Å². The van der Waals surface area contributed by atoms with Crippen molar-refractivity contribution in [2.24, 2.45) is 0 Å². The second-order valence-electron chi connectivity index (χ2n) is 6.21. The molecular weight excluding hydrogens is 351 g/mol. The number of methoxy groups -OCH3 is 2. The highest BCUT2D eigenvalue weighted by Gasteiger charge is 2.35. The van der Waals surface area contributed by atoms with Crippen molar-refractivity contribution in [1.29, 1.82) is 0 Å². The molecule has 1 aliphatic heterocycles. The molecule has 0 N–H and O–H groups in total. The molecule has 142 valence electrons. The molecule has 1 fully saturated rings. The summed E-state index contributed by atoms with van der Waals surface area (Å²) in [4.78, 5) is 28.7. The molecular formula is C20H21FN2O4. The number of carbonyl (C=O) groups excluding carboxylic acids is 2. The van der Waals surface area contributed by atoms with E-state index in [2.05, 4.69) is 0 Å². The first-order valence-electron chi connectivity index (χ1n) is 8.56. The van der Waals surface area contributed by atoms with E-state index in [0.29, 0.717) is 35.8 Å². The molecule has 2 amide bonds. The van der Waals surface area contributed by atoms with Gasteiger partial charge < -0.3 is 19.3 Å². The maximum atomic E-state index is 13.1. The van der Waals surface area contributed by atoms with Crippen molar-refractivity contribution in [3.8, 4) is 11.5 Å². The normalized spacial score (nSPS) is 17.0. The van der Waals surface area contributed by atoms with Crippen LogP contribution in [0.25, 0.3) is 0 Å². The van der Waals surface area contributed by atoms with E-state index in [1.54, 1.807) is 37.1 Å². The minimum atomic E-state index is -0.635. The van der Waals surface area contributed by atoms with Crippen LogP contribution in [-0.2, 0) is 4.79 Å². The molecule has 0 bridgehead atoms. The molecule has 7 heteroatoms. The largest absolute Gasteiger partial charge is 0.493 e. The van der Waals surface area contributed by atoms with E-state index < -0.39 is 11.9 Å². The summed E-state index contributed by atoms with van der Waals surface area (Å²) in [6, 6.07) is 9.95. The second-order valence-corrected chi connectivity index (χ2v) is 6.21. The van der Waals surface area contributed by atoms with Crippen LogP contribution >= 0.6 is 0 Å². The number of hydrogen-bond donors (Lipinski definition) is 0. The third-order valence-electron chi connectivity index (χ3n) is 4.69. The van der Waals surface area contributed by atoms with Gasteiger partial charge in [0.2, 0.25) is 5.91 Å². The number of halogens is 1. The minimum absolute atomic E-state index is 0.191. The first-order chi connectivity index (χ1) is 13.0. The summed E-state index contributed by atoms with van der Waals surface area (Å²) < 4.78 is 23.6. The Bertz CT molecular complexity index is 854. The quantitative estimate of drug-likeness (QED) is 0.828. The summed E-state index contributed by atoms with van der Waals surface area (Å²) in [6.45, 7) is 2.42. The Balaban J connectivity index is 1.80. The third kappa shape index (κ3) is 3.58. The van der Waals surface area contributed by atoms with Crippen molar-refractivity contribution in [2.45, 2.75) is 13.0 Å². The van der Waals surface area contributed by atoms with Crippen LogP contribution in [0.15, 0.2) is 42.5 Å². The molecule has 2 aromatic carbocycles. The summed E-state index contributed by atoms with van der Waals surface area (Å²) in [7, 11) is 3.08. The zero-order valence-electron chi connectivity index (χ0n) is 15.4. The summed E-state index contributed by atoms with van der Waals surface area (Å²) in [6.07, 6.45) is 0. The molecule has 3 rings (SSSR count). The Hall–Kier alpha value is -3.09. The number of anilines is 1. The third-order valence-corrected chi connectivity index (χ3v) is 4.69. The molecule has 1 saturated heterocycles. The summed E-state index contributed by atoms with van der Waals surface area (Å²) in [5, 5.41) is 0. The fourth-order valence-corrected chi connectivity index (χ4v) is 3.16. The molecule has 0 saturated carbocycles. The van der Waals surface area contributed by atoms with E-state index in [1.807, 2.05) is 0 Å². The van der Waals surface area contributed by atoms with Gasteiger partial charge in [0.15, 0.2) is 11.5 Å². The molecule has 1 heterocycles. The zero-order chi connectivity index (χ0) is 19.6. The molecule has 27 heavy (non-hydrogen) atoms. The van der Waals surface area contributed by atoms with Gasteiger partial charge >= 0.3 is 0 Å². The number of hydrogen-bond acceptors (Lipinski definition) is 4. The lowest BCUT2D eigenvalue weighted by molar-refractivity contribution is -0.124. The maximum Gasteiger partial charge on any atom is 0.254 e. The van der Waals surface area contributed by atoms with Crippen LogP contribution in [0.4, 0.5) is 10.1 Å². The molecule has 1 atom stereocenters. The maximum absolute atomic E-state index is 13.1. The Morgan fingerprint density at radius 3 is 2.33 bits per heavy atom. The van der Waals surface area contributed by atoms with E-state index in [-0.39, 0.29) is 11.8 Å². The molecule has 1 aliphatic rings. The smallest absolute Gasteiger partial charge is 0.254 e. The fraction of sp³-hybridized carbons (Fsp3) is 0.300. The Labute approximate surface area is 157 Å².